The zero-order valence-corrected chi connectivity index (χ0v) is 15.4. The van der Waals surface area contributed by atoms with Gasteiger partial charge in [-0.15, -0.1) is 15.3 Å². The van der Waals surface area contributed by atoms with E-state index in [1.165, 1.54) is 15.3 Å². The van der Waals surface area contributed by atoms with E-state index in [-0.39, 0.29) is 17.7 Å². The Labute approximate surface area is 159 Å². The minimum atomic E-state index is -0.512. The van der Waals surface area contributed by atoms with Crippen LogP contribution in [0, 0.1) is 10.1 Å². The van der Waals surface area contributed by atoms with Gasteiger partial charge in [0.25, 0.3) is 5.82 Å². The van der Waals surface area contributed by atoms with Crippen LogP contribution in [0.2, 0.25) is 0 Å². The van der Waals surface area contributed by atoms with E-state index >= 15 is 0 Å². The molecular formula is C16H19N9O3. The molecule has 12 heteroatoms. The van der Waals surface area contributed by atoms with Crippen LogP contribution in [-0.4, -0.2) is 69.3 Å². The van der Waals surface area contributed by atoms with Gasteiger partial charge in [-0.2, -0.15) is 4.52 Å². The molecule has 0 aliphatic carbocycles. The predicted molar refractivity (Wildman–Crippen MR) is 99.2 cm³/mol. The third kappa shape index (κ3) is 3.17. The molecule has 12 nitrogen and oxygen atoms in total. The lowest BCUT2D eigenvalue weighted by Gasteiger charge is -2.30. The molecule has 0 unspecified atom stereocenters. The second-order valence-corrected chi connectivity index (χ2v) is 6.62. The third-order valence-corrected chi connectivity index (χ3v) is 4.80. The standard InChI is InChI=1S/C16H19N9O3/c1-10(23-7-5-11(26)6-8-23)18-12-3-4-13-19-20-16(24(13)21-12)15-17-9-14(22(15)2)25(27)28/h3-4,9,11,26H,5-8H2,1-2H3. The molecule has 28 heavy (non-hydrogen) atoms. The Morgan fingerprint density at radius 3 is 2.71 bits per heavy atom. The van der Waals surface area contributed by atoms with Crippen LogP contribution in [0.5, 0.6) is 0 Å². The maximum atomic E-state index is 11.1. The quantitative estimate of drug-likeness (QED) is 0.304. The van der Waals surface area contributed by atoms with E-state index in [1.807, 2.05) is 6.92 Å². The van der Waals surface area contributed by atoms with Crippen molar-refractivity contribution in [2.24, 2.45) is 12.0 Å². The van der Waals surface area contributed by atoms with Crippen molar-refractivity contribution in [3.05, 3.63) is 28.4 Å². The van der Waals surface area contributed by atoms with Gasteiger partial charge in [0.15, 0.2) is 11.5 Å². The van der Waals surface area contributed by atoms with Crippen LogP contribution in [0.3, 0.4) is 0 Å². The average Bonchev–Trinajstić information content (AvgIpc) is 3.25. The first-order valence-electron chi connectivity index (χ1n) is 8.81. The van der Waals surface area contributed by atoms with Crippen LogP contribution < -0.4 is 0 Å². The highest BCUT2D eigenvalue weighted by Crippen LogP contribution is 2.22. The summed E-state index contributed by atoms with van der Waals surface area (Å²) in [5, 5.41) is 33.3. The summed E-state index contributed by atoms with van der Waals surface area (Å²) >= 11 is 0. The highest BCUT2D eigenvalue weighted by molar-refractivity contribution is 5.82. The molecule has 1 N–H and O–H groups in total. The van der Waals surface area contributed by atoms with Crippen molar-refractivity contribution in [1.29, 1.82) is 0 Å². The highest BCUT2D eigenvalue weighted by Gasteiger charge is 2.23. The van der Waals surface area contributed by atoms with E-state index in [9.17, 15) is 15.2 Å². The zero-order chi connectivity index (χ0) is 19.8. The van der Waals surface area contributed by atoms with Gasteiger partial charge < -0.3 is 20.1 Å². The second kappa shape index (κ2) is 6.96. The number of aliphatic imine (C=N–C) groups is 1. The summed E-state index contributed by atoms with van der Waals surface area (Å²) in [6.07, 6.45) is 2.35. The van der Waals surface area contributed by atoms with Crippen molar-refractivity contribution in [2.75, 3.05) is 13.1 Å². The van der Waals surface area contributed by atoms with E-state index in [1.54, 1.807) is 19.2 Å². The molecule has 146 valence electrons. The fraction of sp³-hybridized carbons (Fsp3) is 0.438. The van der Waals surface area contributed by atoms with Gasteiger partial charge in [-0.25, -0.2) is 14.5 Å². The number of hydrogen-bond acceptors (Lipinski definition) is 8. The Balaban J connectivity index is 1.69. The summed E-state index contributed by atoms with van der Waals surface area (Å²) in [4.78, 5) is 21.3. The van der Waals surface area contributed by atoms with Gasteiger partial charge in [0.2, 0.25) is 5.82 Å². The monoisotopic (exact) mass is 385 g/mol. The van der Waals surface area contributed by atoms with Crippen molar-refractivity contribution in [2.45, 2.75) is 25.9 Å². The van der Waals surface area contributed by atoms with Gasteiger partial charge in [-0.05, 0) is 36.8 Å². The van der Waals surface area contributed by atoms with Crippen molar-refractivity contribution < 1.29 is 10.0 Å². The van der Waals surface area contributed by atoms with Crippen LogP contribution in [0.1, 0.15) is 19.8 Å². The molecule has 3 aromatic rings. The SMILES string of the molecule is CC(=Nc1ccc2nnc(-c3ncc([N+](=O)[O-])n3C)n2n1)N1CCC(O)CC1. The fourth-order valence-corrected chi connectivity index (χ4v) is 3.18. The number of nitro groups is 1. The summed E-state index contributed by atoms with van der Waals surface area (Å²) in [7, 11) is 1.54. The molecule has 0 radical (unpaired) electrons. The highest BCUT2D eigenvalue weighted by atomic mass is 16.6. The maximum absolute atomic E-state index is 11.1. The van der Waals surface area contributed by atoms with Crippen molar-refractivity contribution in [3.8, 4) is 11.6 Å². The van der Waals surface area contributed by atoms with Crippen LogP contribution >= 0.6 is 0 Å². The molecule has 0 aromatic carbocycles. The van der Waals surface area contributed by atoms with E-state index in [0.717, 1.165) is 18.9 Å². The molecule has 4 rings (SSSR count). The zero-order valence-electron chi connectivity index (χ0n) is 15.4. The minimum Gasteiger partial charge on any atom is -0.393 e. The van der Waals surface area contributed by atoms with Crippen molar-refractivity contribution in [3.63, 3.8) is 0 Å². The van der Waals surface area contributed by atoms with Crippen molar-refractivity contribution in [1.82, 2.24) is 34.3 Å². The lowest BCUT2D eigenvalue weighted by molar-refractivity contribution is -0.391. The maximum Gasteiger partial charge on any atom is 0.343 e. The molecule has 0 saturated carbocycles. The Kier molecular flexibility index (Phi) is 4.47. The van der Waals surface area contributed by atoms with E-state index in [4.69, 9.17) is 0 Å². The first-order chi connectivity index (χ1) is 13.4. The number of aliphatic hydroxyl groups excluding tert-OH is 1. The van der Waals surface area contributed by atoms with Gasteiger partial charge in [0.1, 0.15) is 12.0 Å². The molecule has 1 aliphatic heterocycles. The Morgan fingerprint density at radius 1 is 1.29 bits per heavy atom. The van der Waals surface area contributed by atoms with Crippen LogP contribution in [0.4, 0.5) is 11.6 Å². The summed E-state index contributed by atoms with van der Waals surface area (Å²) in [5.41, 5.74) is 0.485. The number of amidine groups is 1. The Hall–Kier alpha value is -3.41. The number of rotatable bonds is 3. The van der Waals surface area contributed by atoms with Gasteiger partial charge in [-0.1, -0.05) is 0 Å². The average molecular weight is 385 g/mol. The molecule has 1 saturated heterocycles. The third-order valence-electron chi connectivity index (χ3n) is 4.80. The summed E-state index contributed by atoms with van der Waals surface area (Å²) in [6, 6.07) is 3.46. The number of aliphatic hydroxyl groups is 1. The number of fused-ring (bicyclic) bond motifs is 1. The molecule has 4 heterocycles. The van der Waals surface area contributed by atoms with E-state index in [2.05, 4.69) is 30.2 Å². The number of hydrogen-bond donors (Lipinski definition) is 1. The topological polar surface area (TPSA) is 140 Å². The number of piperidine rings is 1. The summed E-state index contributed by atoms with van der Waals surface area (Å²) in [6.45, 7) is 3.39. The normalized spacial score (nSPS) is 16.1. The molecular weight excluding hydrogens is 366 g/mol. The first-order valence-corrected chi connectivity index (χ1v) is 8.81. The molecule has 3 aromatic heterocycles. The van der Waals surface area contributed by atoms with Gasteiger partial charge in [-0.3, -0.25) is 0 Å². The van der Waals surface area contributed by atoms with Gasteiger partial charge in [0.05, 0.1) is 13.2 Å². The molecule has 1 aliphatic rings. The smallest absolute Gasteiger partial charge is 0.343 e. The Morgan fingerprint density at radius 2 is 2.04 bits per heavy atom. The van der Waals surface area contributed by atoms with E-state index < -0.39 is 4.92 Å². The largest absolute Gasteiger partial charge is 0.393 e. The molecule has 1 fully saturated rings. The molecule has 0 bridgehead atoms. The Bertz CT molecular complexity index is 1060. The van der Waals surface area contributed by atoms with Crippen molar-refractivity contribution >= 4 is 23.1 Å². The molecule has 0 atom stereocenters. The first kappa shape index (κ1) is 18.0. The number of imidazole rings is 1. The lowest BCUT2D eigenvalue weighted by Crippen LogP contribution is -2.38. The van der Waals surface area contributed by atoms with Gasteiger partial charge >= 0.3 is 5.82 Å². The number of aromatic nitrogens is 6. The molecule has 0 amide bonds. The predicted octanol–water partition coefficient (Wildman–Crippen LogP) is 0.940. The fourth-order valence-electron chi connectivity index (χ4n) is 3.18. The van der Waals surface area contributed by atoms with Gasteiger partial charge in [0, 0.05) is 13.1 Å². The summed E-state index contributed by atoms with van der Waals surface area (Å²) < 4.78 is 2.80. The summed E-state index contributed by atoms with van der Waals surface area (Å²) in [5.74, 6) is 1.70. The minimum absolute atomic E-state index is 0.149. The number of likely N-dealkylation sites (tertiary alicyclic amines) is 1. The van der Waals surface area contributed by atoms with Crippen LogP contribution in [0.25, 0.3) is 17.3 Å². The molecule has 0 spiro atoms. The second-order valence-electron chi connectivity index (χ2n) is 6.62. The van der Waals surface area contributed by atoms with Crippen LogP contribution in [-0.2, 0) is 7.05 Å². The lowest BCUT2D eigenvalue weighted by atomic mass is 10.1. The van der Waals surface area contributed by atoms with Crippen LogP contribution in [0.15, 0.2) is 23.3 Å². The van der Waals surface area contributed by atoms with E-state index in [0.29, 0.717) is 30.1 Å². The number of nitrogens with zero attached hydrogens (tertiary/aromatic N) is 9.